The van der Waals surface area contributed by atoms with E-state index in [4.69, 9.17) is 5.11 Å². The van der Waals surface area contributed by atoms with E-state index in [2.05, 4.69) is 81.6 Å². The van der Waals surface area contributed by atoms with Gasteiger partial charge in [0.25, 0.3) is 0 Å². The van der Waals surface area contributed by atoms with Gasteiger partial charge in [-0.1, -0.05) is 83.4 Å². The number of halogens is 3. The quantitative estimate of drug-likeness (QED) is 0.219. The molecule has 0 aromatic heterocycles. The first kappa shape index (κ1) is 31.5. The summed E-state index contributed by atoms with van der Waals surface area (Å²) >= 11 is 9.95. The molecule has 0 aliphatic heterocycles. The van der Waals surface area contributed by atoms with Crippen LogP contribution in [0.3, 0.4) is 0 Å². The second-order valence-corrected chi connectivity index (χ2v) is 11.3. The molecule has 0 aliphatic rings. The molecule has 0 heterocycles. The number of phenolic OH excluding ortho intramolecular Hbond substituents is 3. The molecule has 3 N–H and O–H groups in total. The maximum Gasteiger partial charge on any atom is 0.130 e. The molecule has 3 rings (SSSR count). The molecule has 0 radical (unpaired) electrons. The van der Waals surface area contributed by atoms with E-state index in [1.54, 1.807) is 30.3 Å². The summed E-state index contributed by atoms with van der Waals surface area (Å²) in [5, 5.41) is 27.8. The van der Waals surface area contributed by atoms with Gasteiger partial charge < -0.3 is 15.3 Å². The maximum absolute atomic E-state index is 9.51. The lowest BCUT2D eigenvalue weighted by Gasteiger charge is -2.24. The highest BCUT2D eigenvalue weighted by molar-refractivity contribution is 9.11. The van der Waals surface area contributed by atoms with Crippen molar-refractivity contribution >= 4 is 47.8 Å². The van der Waals surface area contributed by atoms with Crippen LogP contribution in [0, 0.1) is 0 Å². The van der Waals surface area contributed by atoms with Crippen LogP contribution in [0.5, 0.6) is 17.2 Å². The fraction of sp³-hybridized carbons (Fsp3) is 0.379. The van der Waals surface area contributed by atoms with Crippen LogP contribution >= 0.6 is 47.8 Å². The molecule has 0 aliphatic carbocycles. The number of rotatable bonds is 7. The molecule has 0 bridgehead atoms. The number of benzene rings is 3. The molecule has 0 atom stereocenters. The third-order valence-corrected chi connectivity index (χ3v) is 8.22. The third-order valence-electron chi connectivity index (χ3n) is 5.80. The van der Waals surface area contributed by atoms with Crippen LogP contribution in [0.15, 0.2) is 74.1 Å². The average Bonchev–Trinajstić information content (AvgIpc) is 2.84. The molecule has 3 aromatic carbocycles. The summed E-state index contributed by atoms with van der Waals surface area (Å²) in [6.45, 7) is 8.71. The van der Waals surface area contributed by atoms with E-state index in [0.29, 0.717) is 11.5 Å². The predicted octanol–water partition coefficient (Wildman–Crippen LogP) is 10.3. The van der Waals surface area contributed by atoms with Crippen molar-refractivity contribution in [3.05, 3.63) is 85.2 Å². The zero-order valence-electron chi connectivity index (χ0n) is 21.0. The summed E-state index contributed by atoms with van der Waals surface area (Å²) in [5.41, 5.74) is 2.48. The summed E-state index contributed by atoms with van der Waals surface area (Å²) in [6.07, 6.45) is 7.15. The summed E-state index contributed by atoms with van der Waals surface area (Å²) < 4.78 is 2.42. The van der Waals surface area contributed by atoms with Crippen LogP contribution in [0.2, 0.25) is 0 Å². The van der Waals surface area contributed by atoms with Gasteiger partial charge in [-0.3, -0.25) is 0 Å². The number of aromatic hydroxyl groups is 3. The Bertz CT molecular complexity index is 1010. The number of phenols is 3. The van der Waals surface area contributed by atoms with Crippen LogP contribution in [0.25, 0.3) is 0 Å². The molecule has 6 heteroatoms. The van der Waals surface area contributed by atoms with Gasteiger partial charge in [-0.15, -0.1) is 0 Å². The summed E-state index contributed by atoms with van der Waals surface area (Å²) in [6, 6.07) is 18.3. The Morgan fingerprint density at radius 1 is 0.657 bits per heavy atom. The highest BCUT2D eigenvalue weighted by atomic mass is 79.9. The highest BCUT2D eigenvalue weighted by Gasteiger charge is 2.21. The van der Waals surface area contributed by atoms with Crippen molar-refractivity contribution in [2.75, 3.05) is 0 Å². The van der Waals surface area contributed by atoms with Crippen molar-refractivity contribution in [2.24, 2.45) is 0 Å². The summed E-state index contributed by atoms with van der Waals surface area (Å²) in [7, 11) is 0. The molecule has 0 saturated carbocycles. The van der Waals surface area contributed by atoms with Gasteiger partial charge >= 0.3 is 0 Å². The van der Waals surface area contributed by atoms with Crippen LogP contribution in [0.1, 0.15) is 70.9 Å². The summed E-state index contributed by atoms with van der Waals surface area (Å²) in [4.78, 5) is 0. The smallest absolute Gasteiger partial charge is 0.130 e. The number of unbranched alkanes of at least 4 members (excludes halogenated alkanes) is 3. The van der Waals surface area contributed by atoms with Crippen LogP contribution < -0.4 is 0 Å². The van der Waals surface area contributed by atoms with Gasteiger partial charge in [0.05, 0.1) is 13.4 Å². The first-order valence-electron chi connectivity index (χ1n) is 11.9. The molecule has 0 amide bonds. The summed E-state index contributed by atoms with van der Waals surface area (Å²) in [5.74, 6) is 0.949. The van der Waals surface area contributed by atoms with Crippen LogP contribution in [-0.4, -0.2) is 15.3 Å². The molecule has 3 nitrogen and oxygen atoms in total. The molecule has 0 unspecified atom stereocenters. The van der Waals surface area contributed by atoms with Crippen LogP contribution in [0.4, 0.5) is 0 Å². The Morgan fingerprint density at radius 3 is 1.77 bits per heavy atom. The maximum atomic E-state index is 9.51. The van der Waals surface area contributed by atoms with Crippen molar-refractivity contribution in [2.45, 2.75) is 71.6 Å². The van der Waals surface area contributed by atoms with Crippen molar-refractivity contribution < 1.29 is 15.3 Å². The number of hydrogen-bond donors (Lipinski definition) is 3. The normalized spacial score (nSPS) is 10.6. The predicted molar refractivity (Wildman–Crippen MR) is 159 cm³/mol. The van der Waals surface area contributed by atoms with E-state index in [0.717, 1.165) is 31.8 Å². The molecule has 3 aromatic rings. The topological polar surface area (TPSA) is 60.7 Å². The van der Waals surface area contributed by atoms with Gasteiger partial charge in [0.15, 0.2) is 0 Å². The Hall–Kier alpha value is -1.50. The standard InChI is InChI=1S/C12H17BrO.C11H15BrO.C6H5BrO/c1-2-3-4-5-7-10-8-6-9-11(14)12(10)13;1-4-11(2,3)8-6-5-7-9(13)10(8)12;7-5-3-1-2-4-6(5)8/h6,8-9,14H,2-5,7H2,1H3;5-7,13H,4H2,1-3H3;1-4,8H. The van der Waals surface area contributed by atoms with E-state index in [9.17, 15) is 10.2 Å². The first-order valence-corrected chi connectivity index (χ1v) is 14.3. The van der Waals surface area contributed by atoms with E-state index >= 15 is 0 Å². The molecule has 0 spiro atoms. The Kier molecular flexibility index (Phi) is 14.7. The second-order valence-electron chi connectivity index (χ2n) is 8.89. The second kappa shape index (κ2) is 16.3. The van der Waals surface area contributed by atoms with Gasteiger partial charge in [0.1, 0.15) is 17.2 Å². The molecule has 0 saturated heterocycles. The SMILES string of the molecule is CCC(C)(C)c1cccc(O)c1Br.CCCCCCc1cccc(O)c1Br.Oc1ccccc1Br. The lowest BCUT2D eigenvalue weighted by Crippen LogP contribution is -2.15. The minimum atomic E-state index is 0.109. The van der Waals surface area contributed by atoms with Gasteiger partial charge in [-0.25, -0.2) is 0 Å². The number of para-hydroxylation sites is 1. The van der Waals surface area contributed by atoms with Gasteiger partial charge in [0.2, 0.25) is 0 Å². The molecule has 0 fully saturated rings. The minimum Gasteiger partial charge on any atom is -0.507 e. The van der Waals surface area contributed by atoms with Crippen LogP contribution in [-0.2, 0) is 11.8 Å². The van der Waals surface area contributed by atoms with Crippen molar-refractivity contribution in [3.8, 4) is 17.2 Å². The van der Waals surface area contributed by atoms with E-state index in [1.165, 1.54) is 31.2 Å². The zero-order valence-corrected chi connectivity index (χ0v) is 25.7. The Balaban J connectivity index is 0.000000272. The Labute approximate surface area is 236 Å². The fourth-order valence-electron chi connectivity index (χ4n) is 3.19. The molecular weight excluding hydrogens is 636 g/mol. The largest absolute Gasteiger partial charge is 0.507 e. The van der Waals surface area contributed by atoms with E-state index < -0.39 is 0 Å². The van der Waals surface area contributed by atoms with Crippen molar-refractivity contribution in [3.63, 3.8) is 0 Å². The fourth-order valence-corrected chi connectivity index (χ4v) is 4.73. The highest BCUT2D eigenvalue weighted by Crippen LogP contribution is 2.37. The monoisotopic (exact) mass is 670 g/mol. The molecular formula is C29H37Br3O3. The lowest BCUT2D eigenvalue weighted by atomic mass is 9.82. The van der Waals surface area contributed by atoms with Gasteiger partial charge in [-0.2, -0.15) is 0 Å². The number of aryl methyl sites for hydroxylation is 1. The first-order chi connectivity index (χ1) is 16.5. The van der Waals surface area contributed by atoms with E-state index in [1.807, 2.05) is 24.3 Å². The molecule has 192 valence electrons. The van der Waals surface area contributed by atoms with Crippen molar-refractivity contribution in [1.29, 1.82) is 0 Å². The lowest BCUT2D eigenvalue weighted by molar-refractivity contribution is 0.459. The number of hydrogen-bond acceptors (Lipinski definition) is 3. The molecule has 35 heavy (non-hydrogen) atoms. The third kappa shape index (κ3) is 11.0. The minimum absolute atomic E-state index is 0.109. The zero-order chi connectivity index (χ0) is 26.4. The van der Waals surface area contributed by atoms with Gasteiger partial charge in [-0.05, 0) is 108 Å². The Morgan fingerprint density at radius 2 is 1.23 bits per heavy atom. The van der Waals surface area contributed by atoms with Crippen molar-refractivity contribution in [1.82, 2.24) is 0 Å². The van der Waals surface area contributed by atoms with Gasteiger partial charge in [0, 0.05) is 0 Å². The average molecular weight is 673 g/mol. The van der Waals surface area contributed by atoms with E-state index in [-0.39, 0.29) is 11.2 Å².